The monoisotopic (exact) mass is 294 g/mol. The third-order valence-electron chi connectivity index (χ3n) is 3.23. The van der Waals surface area contributed by atoms with Gasteiger partial charge in [0.1, 0.15) is 18.9 Å². The second-order valence-electron chi connectivity index (χ2n) is 4.58. The number of hydrogen-bond acceptors (Lipinski definition) is 2. The summed E-state index contributed by atoms with van der Waals surface area (Å²) in [7, 11) is 0. The zero-order chi connectivity index (χ0) is 13.9. The van der Waals surface area contributed by atoms with E-state index in [4.69, 9.17) is 21.1 Å². The van der Waals surface area contributed by atoms with Crippen molar-refractivity contribution in [2.75, 3.05) is 6.79 Å². The molecule has 0 amide bonds. The molecule has 0 saturated heterocycles. The maximum Gasteiger partial charge on any atom is 0.231 e. The second-order valence-corrected chi connectivity index (χ2v) is 4.99. The van der Waals surface area contributed by atoms with Gasteiger partial charge in [-0.05, 0) is 30.3 Å². The molecule has 1 heterocycles. The summed E-state index contributed by atoms with van der Waals surface area (Å²) in [6, 6.07) is 10.6. The number of hydrogen-bond donors (Lipinski definition) is 1. The Labute approximate surface area is 121 Å². The third kappa shape index (κ3) is 2.71. The average molecular weight is 295 g/mol. The van der Waals surface area contributed by atoms with Crippen molar-refractivity contribution in [3.8, 4) is 11.5 Å². The lowest BCUT2D eigenvalue weighted by Crippen LogP contribution is -2.80. The fourth-order valence-electron chi connectivity index (χ4n) is 2.18. The van der Waals surface area contributed by atoms with Gasteiger partial charge in [-0.15, -0.1) is 0 Å². The van der Waals surface area contributed by atoms with Crippen LogP contribution in [0.5, 0.6) is 11.5 Å². The molecule has 0 unspecified atom stereocenters. The van der Waals surface area contributed by atoms with Crippen LogP contribution in [0.3, 0.4) is 0 Å². The number of rotatable bonds is 4. The topological polar surface area (TPSA) is 35.1 Å². The summed E-state index contributed by atoms with van der Waals surface area (Å²) in [5, 5.41) is 2.47. The number of ether oxygens (including phenoxy) is 2. The molecule has 1 aliphatic heterocycles. The molecule has 0 saturated carbocycles. The predicted octanol–water partition coefficient (Wildman–Crippen LogP) is 2.47. The normalized spacial score (nSPS) is 12.7. The predicted molar refractivity (Wildman–Crippen MR) is 73.3 cm³/mol. The molecule has 2 aromatic carbocycles. The van der Waals surface area contributed by atoms with Crippen molar-refractivity contribution in [1.29, 1.82) is 0 Å². The number of fused-ring (bicyclic) bond motifs is 1. The van der Waals surface area contributed by atoms with Crippen molar-refractivity contribution < 1.29 is 19.2 Å². The van der Waals surface area contributed by atoms with E-state index < -0.39 is 0 Å². The molecular weight excluding hydrogens is 281 g/mol. The van der Waals surface area contributed by atoms with E-state index in [1.54, 1.807) is 12.1 Å². The Balaban J connectivity index is 1.63. The second kappa shape index (κ2) is 5.69. The molecule has 0 aromatic heterocycles. The number of halogens is 2. The molecular formula is C15H14ClFNO2+. The van der Waals surface area contributed by atoms with E-state index in [9.17, 15) is 4.39 Å². The van der Waals surface area contributed by atoms with Crippen molar-refractivity contribution >= 4 is 11.6 Å². The minimum absolute atomic E-state index is 0.264. The Morgan fingerprint density at radius 2 is 1.95 bits per heavy atom. The molecule has 20 heavy (non-hydrogen) atoms. The van der Waals surface area contributed by atoms with Crippen molar-refractivity contribution in [1.82, 2.24) is 0 Å². The maximum absolute atomic E-state index is 13.6. The van der Waals surface area contributed by atoms with E-state index in [0.29, 0.717) is 17.1 Å². The van der Waals surface area contributed by atoms with Gasteiger partial charge in [0.15, 0.2) is 11.5 Å². The van der Waals surface area contributed by atoms with E-state index in [2.05, 4.69) is 0 Å². The lowest BCUT2D eigenvalue weighted by atomic mass is 10.2. The molecule has 0 radical (unpaired) electrons. The van der Waals surface area contributed by atoms with Crippen LogP contribution in [0, 0.1) is 5.82 Å². The molecule has 0 spiro atoms. The number of nitrogens with two attached hydrogens (primary N) is 1. The minimum atomic E-state index is -0.264. The van der Waals surface area contributed by atoms with Crippen LogP contribution in [0.1, 0.15) is 11.1 Å². The van der Waals surface area contributed by atoms with Crippen molar-refractivity contribution in [2.45, 2.75) is 13.1 Å². The maximum atomic E-state index is 13.6. The zero-order valence-corrected chi connectivity index (χ0v) is 11.5. The Morgan fingerprint density at radius 3 is 2.80 bits per heavy atom. The van der Waals surface area contributed by atoms with Gasteiger partial charge in [-0.3, -0.25) is 0 Å². The van der Waals surface area contributed by atoms with Crippen LogP contribution in [-0.4, -0.2) is 6.79 Å². The van der Waals surface area contributed by atoms with Gasteiger partial charge in [-0.25, -0.2) is 4.39 Å². The minimum Gasteiger partial charge on any atom is -0.454 e. The fraction of sp³-hybridized carbons (Fsp3) is 0.200. The number of benzene rings is 2. The number of quaternary nitrogens is 1. The third-order valence-corrected chi connectivity index (χ3v) is 3.58. The highest BCUT2D eigenvalue weighted by molar-refractivity contribution is 6.31. The zero-order valence-electron chi connectivity index (χ0n) is 10.7. The van der Waals surface area contributed by atoms with E-state index in [0.717, 1.165) is 23.6 Å². The van der Waals surface area contributed by atoms with Gasteiger partial charge in [0, 0.05) is 5.56 Å². The highest BCUT2D eigenvalue weighted by Crippen LogP contribution is 2.32. The summed E-state index contributed by atoms with van der Waals surface area (Å²) in [6.45, 7) is 1.49. The lowest BCUT2D eigenvalue weighted by Gasteiger charge is -2.06. The molecule has 1 aliphatic rings. The molecule has 0 atom stereocenters. The Kier molecular flexibility index (Phi) is 3.76. The Hall–Kier alpha value is -1.78. The first kappa shape index (κ1) is 13.2. The van der Waals surface area contributed by atoms with Gasteiger partial charge in [0.25, 0.3) is 0 Å². The molecule has 0 aliphatic carbocycles. The van der Waals surface area contributed by atoms with E-state index in [1.165, 1.54) is 6.07 Å². The van der Waals surface area contributed by atoms with Crippen molar-refractivity contribution in [2.24, 2.45) is 0 Å². The van der Waals surface area contributed by atoms with Crippen LogP contribution in [-0.2, 0) is 13.1 Å². The van der Waals surface area contributed by atoms with Gasteiger partial charge in [-0.2, -0.15) is 0 Å². The summed E-state index contributed by atoms with van der Waals surface area (Å²) in [5.74, 6) is 1.27. The Morgan fingerprint density at radius 1 is 1.10 bits per heavy atom. The van der Waals surface area contributed by atoms with Crippen LogP contribution in [0.4, 0.5) is 4.39 Å². The van der Waals surface area contributed by atoms with Gasteiger partial charge < -0.3 is 14.8 Å². The van der Waals surface area contributed by atoms with Crippen LogP contribution >= 0.6 is 11.6 Å². The standard InChI is InChI=1S/C15H13ClFNO2/c16-12-2-1-3-13(17)11(12)8-18-7-10-4-5-14-15(6-10)20-9-19-14/h1-6,18H,7-9H2/p+1. The highest BCUT2D eigenvalue weighted by Gasteiger charge is 2.14. The van der Waals surface area contributed by atoms with Crippen LogP contribution in [0.15, 0.2) is 36.4 Å². The molecule has 104 valence electrons. The van der Waals surface area contributed by atoms with Crippen molar-refractivity contribution in [3.05, 3.63) is 58.4 Å². The van der Waals surface area contributed by atoms with E-state index in [1.807, 2.05) is 23.5 Å². The summed E-state index contributed by atoms with van der Waals surface area (Å²) in [5.41, 5.74) is 1.64. The van der Waals surface area contributed by atoms with E-state index in [-0.39, 0.29) is 12.6 Å². The van der Waals surface area contributed by atoms with Gasteiger partial charge in [0.05, 0.1) is 10.6 Å². The SMILES string of the molecule is Fc1cccc(Cl)c1C[NH2+]Cc1ccc2c(c1)OCO2. The summed E-state index contributed by atoms with van der Waals surface area (Å²) in [6.07, 6.45) is 0. The molecule has 2 aromatic rings. The van der Waals surface area contributed by atoms with Crippen LogP contribution < -0.4 is 14.8 Å². The van der Waals surface area contributed by atoms with Crippen LogP contribution in [0.25, 0.3) is 0 Å². The van der Waals surface area contributed by atoms with Gasteiger partial charge >= 0.3 is 0 Å². The summed E-state index contributed by atoms with van der Waals surface area (Å²) < 4.78 is 24.2. The first-order valence-electron chi connectivity index (χ1n) is 6.37. The molecule has 0 bridgehead atoms. The fourth-order valence-corrected chi connectivity index (χ4v) is 2.42. The highest BCUT2D eigenvalue weighted by atomic mass is 35.5. The first-order valence-corrected chi connectivity index (χ1v) is 6.75. The van der Waals surface area contributed by atoms with Gasteiger partial charge in [-0.1, -0.05) is 17.7 Å². The van der Waals surface area contributed by atoms with Crippen molar-refractivity contribution in [3.63, 3.8) is 0 Å². The molecule has 3 rings (SSSR count). The smallest absolute Gasteiger partial charge is 0.231 e. The molecule has 5 heteroatoms. The molecule has 0 fully saturated rings. The largest absolute Gasteiger partial charge is 0.454 e. The summed E-state index contributed by atoms with van der Waals surface area (Å²) in [4.78, 5) is 0. The van der Waals surface area contributed by atoms with Gasteiger partial charge in [0.2, 0.25) is 6.79 Å². The first-order chi connectivity index (χ1) is 9.74. The summed E-state index contributed by atoms with van der Waals surface area (Å²) >= 11 is 5.99. The Bertz CT molecular complexity index is 613. The quantitative estimate of drug-likeness (QED) is 0.940. The average Bonchev–Trinajstić information content (AvgIpc) is 2.89. The van der Waals surface area contributed by atoms with Crippen LogP contribution in [0.2, 0.25) is 5.02 Å². The molecule has 3 nitrogen and oxygen atoms in total. The molecule has 2 N–H and O–H groups in total. The lowest BCUT2D eigenvalue weighted by molar-refractivity contribution is -0.686. The van der Waals surface area contributed by atoms with E-state index >= 15 is 0 Å².